The molecule has 2 aromatic rings. The molecule has 0 fully saturated rings. The quantitative estimate of drug-likeness (QED) is 0.936. The van der Waals surface area contributed by atoms with Gasteiger partial charge in [0, 0.05) is 22.2 Å². The topological polar surface area (TPSA) is 63.1 Å². The summed E-state index contributed by atoms with van der Waals surface area (Å²) in [4.78, 5) is 19.3. The Balaban J connectivity index is 2.31. The van der Waals surface area contributed by atoms with Crippen LogP contribution in [-0.4, -0.2) is 21.0 Å². The Morgan fingerprint density at radius 2 is 2.21 bits per heavy atom. The number of rotatable bonds is 4. The molecule has 0 aliphatic heterocycles. The minimum absolute atomic E-state index is 0.0297. The molecule has 1 aromatic carbocycles. The van der Waals surface area contributed by atoms with Gasteiger partial charge in [-0.25, -0.2) is 9.97 Å². The second kappa shape index (κ2) is 5.93. The third kappa shape index (κ3) is 3.61. The molecule has 0 saturated carbocycles. The minimum Gasteiger partial charge on any atom is -0.481 e. The molecule has 2 rings (SSSR count). The van der Waals surface area contributed by atoms with E-state index in [1.807, 2.05) is 37.3 Å². The van der Waals surface area contributed by atoms with Gasteiger partial charge in [0.15, 0.2) is 0 Å². The summed E-state index contributed by atoms with van der Waals surface area (Å²) < 4.78 is 0.976. The van der Waals surface area contributed by atoms with E-state index in [2.05, 4.69) is 25.9 Å². The highest BCUT2D eigenvalue weighted by Crippen LogP contribution is 2.23. The molecule has 4 nitrogen and oxygen atoms in total. The maximum atomic E-state index is 10.7. The smallest absolute Gasteiger partial charge is 0.304 e. The molecule has 5 heteroatoms. The minimum atomic E-state index is -0.844. The van der Waals surface area contributed by atoms with Gasteiger partial charge in [-0.05, 0) is 18.2 Å². The van der Waals surface area contributed by atoms with Crippen LogP contribution >= 0.6 is 15.9 Å². The first-order chi connectivity index (χ1) is 9.06. The van der Waals surface area contributed by atoms with Gasteiger partial charge in [0.2, 0.25) is 0 Å². The van der Waals surface area contributed by atoms with Crippen LogP contribution in [0.1, 0.15) is 25.1 Å². The molecule has 0 aliphatic carbocycles. The van der Waals surface area contributed by atoms with Crippen LogP contribution in [0.2, 0.25) is 0 Å². The van der Waals surface area contributed by atoms with Crippen molar-refractivity contribution in [2.75, 3.05) is 0 Å². The molecule has 0 bridgehead atoms. The van der Waals surface area contributed by atoms with Crippen molar-refractivity contribution in [3.8, 4) is 11.3 Å². The second-order valence-electron chi connectivity index (χ2n) is 4.31. The lowest BCUT2D eigenvalue weighted by Gasteiger charge is -2.09. The zero-order valence-corrected chi connectivity index (χ0v) is 12.0. The lowest BCUT2D eigenvalue weighted by molar-refractivity contribution is -0.137. The lowest BCUT2D eigenvalue weighted by atomic mass is 10.1. The Hall–Kier alpha value is -1.75. The summed E-state index contributed by atoms with van der Waals surface area (Å²) in [6.45, 7) is 1.81. The van der Waals surface area contributed by atoms with Gasteiger partial charge in [-0.15, -0.1) is 0 Å². The Bertz CT molecular complexity index is 602. The highest BCUT2D eigenvalue weighted by atomic mass is 79.9. The first-order valence-electron chi connectivity index (χ1n) is 5.87. The van der Waals surface area contributed by atoms with Crippen LogP contribution in [-0.2, 0) is 4.79 Å². The summed E-state index contributed by atoms with van der Waals surface area (Å²) >= 11 is 3.42. The Labute approximate surface area is 119 Å². The van der Waals surface area contributed by atoms with Gasteiger partial charge in [-0.3, -0.25) is 4.79 Å². The molecule has 98 valence electrons. The number of nitrogens with zero attached hydrogens (tertiary/aromatic N) is 2. The van der Waals surface area contributed by atoms with Crippen molar-refractivity contribution in [3.05, 3.63) is 46.8 Å². The normalized spacial score (nSPS) is 12.1. The van der Waals surface area contributed by atoms with Gasteiger partial charge < -0.3 is 5.11 Å². The second-order valence-corrected chi connectivity index (χ2v) is 5.23. The fourth-order valence-corrected chi connectivity index (χ4v) is 2.17. The van der Waals surface area contributed by atoms with Crippen molar-refractivity contribution in [2.45, 2.75) is 19.3 Å². The molecule has 19 heavy (non-hydrogen) atoms. The Kier molecular flexibility index (Phi) is 4.27. The van der Waals surface area contributed by atoms with Crippen LogP contribution in [0.15, 0.2) is 41.0 Å². The summed E-state index contributed by atoms with van der Waals surface area (Å²) in [6.07, 6.45) is 1.69. The number of carboxylic acids is 1. The summed E-state index contributed by atoms with van der Waals surface area (Å²) in [5, 5.41) is 8.81. The molecule has 0 radical (unpaired) electrons. The van der Waals surface area contributed by atoms with E-state index in [-0.39, 0.29) is 12.3 Å². The first kappa shape index (κ1) is 13.7. The number of hydrogen-bond donors (Lipinski definition) is 1. The van der Waals surface area contributed by atoms with Crippen molar-refractivity contribution >= 4 is 21.9 Å². The Morgan fingerprint density at radius 3 is 2.89 bits per heavy atom. The fraction of sp³-hybridized carbons (Fsp3) is 0.214. The molecular weight excluding hydrogens is 308 g/mol. The largest absolute Gasteiger partial charge is 0.481 e. The van der Waals surface area contributed by atoms with E-state index in [1.54, 1.807) is 6.20 Å². The van der Waals surface area contributed by atoms with Crippen LogP contribution in [0.3, 0.4) is 0 Å². The van der Waals surface area contributed by atoms with E-state index < -0.39 is 5.97 Å². The van der Waals surface area contributed by atoms with Gasteiger partial charge in [-0.2, -0.15) is 0 Å². The van der Waals surface area contributed by atoms with Gasteiger partial charge in [0.1, 0.15) is 5.82 Å². The number of carbonyl (C=O) groups is 1. The summed E-state index contributed by atoms with van der Waals surface area (Å²) in [5.74, 6) is -0.492. The zero-order valence-electron chi connectivity index (χ0n) is 10.4. The van der Waals surface area contributed by atoms with Crippen LogP contribution in [0.4, 0.5) is 0 Å². The molecule has 1 aromatic heterocycles. The maximum absolute atomic E-state index is 10.7. The van der Waals surface area contributed by atoms with Crippen molar-refractivity contribution in [3.63, 3.8) is 0 Å². The number of carboxylic acid groups (broad SMARTS) is 1. The van der Waals surface area contributed by atoms with Gasteiger partial charge in [0.25, 0.3) is 0 Å². The fourth-order valence-electron chi connectivity index (χ4n) is 1.77. The maximum Gasteiger partial charge on any atom is 0.304 e. The third-order valence-electron chi connectivity index (χ3n) is 2.72. The van der Waals surface area contributed by atoms with Crippen molar-refractivity contribution in [2.24, 2.45) is 0 Å². The molecule has 1 heterocycles. The molecule has 1 N–H and O–H groups in total. The summed E-state index contributed by atoms with van der Waals surface area (Å²) in [5.41, 5.74) is 1.77. The molecule has 0 amide bonds. The predicted molar refractivity (Wildman–Crippen MR) is 75.8 cm³/mol. The van der Waals surface area contributed by atoms with E-state index in [1.165, 1.54) is 0 Å². The molecule has 0 saturated heterocycles. The van der Waals surface area contributed by atoms with Gasteiger partial charge >= 0.3 is 5.97 Å². The van der Waals surface area contributed by atoms with Gasteiger partial charge in [0.05, 0.1) is 12.1 Å². The number of aromatic nitrogens is 2. The van der Waals surface area contributed by atoms with Crippen LogP contribution in [0.5, 0.6) is 0 Å². The lowest BCUT2D eigenvalue weighted by Crippen LogP contribution is -2.07. The van der Waals surface area contributed by atoms with E-state index in [0.717, 1.165) is 15.7 Å². The standard InChI is InChI=1S/C14H13BrN2O2/c1-9(7-13(18)19)14-16-6-5-12(17-14)10-3-2-4-11(15)8-10/h2-6,8-9H,7H2,1H3,(H,18,19). The first-order valence-corrected chi connectivity index (χ1v) is 6.66. The van der Waals surface area contributed by atoms with E-state index in [0.29, 0.717) is 5.82 Å². The van der Waals surface area contributed by atoms with E-state index >= 15 is 0 Å². The van der Waals surface area contributed by atoms with Crippen LogP contribution in [0, 0.1) is 0 Å². The predicted octanol–water partition coefficient (Wildman–Crippen LogP) is 3.48. The van der Waals surface area contributed by atoms with Crippen molar-refractivity contribution in [1.29, 1.82) is 0 Å². The molecule has 1 unspecified atom stereocenters. The number of aliphatic carboxylic acids is 1. The number of halogens is 1. The van der Waals surface area contributed by atoms with Crippen molar-refractivity contribution in [1.82, 2.24) is 9.97 Å². The monoisotopic (exact) mass is 320 g/mol. The molecular formula is C14H13BrN2O2. The number of benzene rings is 1. The molecule has 0 aliphatic rings. The highest BCUT2D eigenvalue weighted by Gasteiger charge is 2.13. The van der Waals surface area contributed by atoms with Crippen LogP contribution in [0.25, 0.3) is 11.3 Å². The highest BCUT2D eigenvalue weighted by molar-refractivity contribution is 9.10. The zero-order chi connectivity index (χ0) is 13.8. The average molecular weight is 321 g/mol. The summed E-state index contributed by atoms with van der Waals surface area (Å²) in [6, 6.07) is 9.62. The van der Waals surface area contributed by atoms with E-state index in [4.69, 9.17) is 5.11 Å². The number of hydrogen-bond acceptors (Lipinski definition) is 3. The third-order valence-corrected chi connectivity index (χ3v) is 3.21. The molecule has 1 atom stereocenters. The Morgan fingerprint density at radius 1 is 1.42 bits per heavy atom. The van der Waals surface area contributed by atoms with Crippen molar-refractivity contribution < 1.29 is 9.90 Å². The van der Waals surface area contributed by atoms with E-state index in [9.17, 15) is 4.79 Å². The summed E-state index contributed by atoms with van der Waals surface area (Å²) in [7, 11) is 0. The average Bonchev–Trinajstić information content (AvgIpc) is 2.38. The van der Waals surface area contributed by atoms with Gasteiger partial charge in [-0.1, -0.05) is 35.0 Å². The SMILES string of the molecule is CC(CC(=O)O)c1nccc(-c2cccc(Br)c2)n1. The van der Waals surface area contributed by atoms with Crippen LogP contribution < -0.4 is 0 Å². The molecule has 0 spiro atoms.